The normalized spacial score (nSPS) is 16.8. The third kappa shape index (κ3) is 4.24. The van der Waals surface area contributed by atoms with Gasteiger partial charge in [-0.25, -0.2) is 9.78 Å². The predicted molar refractivity (Wildman–Crippen MR) is 108 cm³/mol. The fourth-order valence-corrected chi connectivity index (χ4v) is 4.01. The second kappa shape index (κ2) is 7.99. The van der Waals surface area contributed by atoms with Gasteiger partial charge in [0.1, 0.15) is 5.82 Å². The zero-order valence-corrected chi connectivity index (χ0v) is 16.1. The second-order valence-electron chi connectivity index (χ2n) is 7.67. The Morgan fingerprint density at radius 1 is 1.07 bits per heavy atom. The van der Waals surface area contributed by atoms with Gasteiger partial charge in [-0.3, -0.25) is 0 Å². The van der Waals surface area contributed by atoms with E-state index < -0.39 is 0 Å². The molecule has 0 bridgehead atoms. The lowest BCUT2D eigenvalue weighted by Gasteiger charge is -2.29. The zero-order chi connectivity index (χ0) is 18.6. The maximum absolute atomic E-state index is 12.6. The molecule has 27 heavy (non-hydrogen) atoms. The topological polar surface area (TPSA) is 48.5 Å². The van der Waals surface area contributed by atoms with Crippen LogP contribution in [0.3, 0.4) is 0 Å². The lowest BCUT2D eigenvalue weighted by Crippen LogP contribution is -2.42. The second-order valence-corrected chi connectivity index (χ2v) is 7.67. The standard InChI is InChI=1S/C22H28N4O/c1-17-5-6-20-16-26(12-8-19(20)13-17)22(27)24-15-18-7-9-23-21(14-18)25-10-3-2-4-11-25/h5-7,9,13-14H,2-4,8,10-12,15-16H2,1H3,(H,24,27). The van der Waals surface area contributed by atoms with Crippen molar-refractivity contribution in [3.63, 3.8) is 0 Å². The van der Waals surface area contributed by atoms with E-state index in [1.54, 1.807) is 0 Å². The summed E-state index contributed by atoms with van der Waals surface area (Å²) < 4.78 is 0. The Balaban J connectivity index is 1.35. The number of hydrogen-bond acceptors (Lipinski definition) is 3. The summed E-state index contributed by atoms with van der Waals surface area (Å²) in [7, 11) is 0. The van der Waals surface area contributed by atoms with Crippen LogP contribution in [0, 0.1) is 6.92 Å². The lowest BCUT2D eigenvalue weighted by atomic mass is 9.98. The lowest BCUT2D eigenvalue weighted by molar-refractivity contribution is 0.192. The number of benzene rings is 1. The van der Waals surface area contributed by atoms with E-state index in [-0.39, 0.29) is 6.03 Å². The van der Waals surface area contributed by atoms with Crippen LogP contribution in [0.4, 0.5) is 10.6 Å². The molecule has 0 unspecified atom stereocenters. The van der Waals surface area contributed by atoms with E-state index >= 15 is 0 Å². The van der Waals surface area contributed by atoms with Crippen molar-refractivity contribution in [1.29, 1.82) is 0 Å². The fourth-order valence-electron chi connectivity index (χ4n) is 4.01. The molecule has 0 spiro atoms. The van der Waals surface area contributed by atoms with Crippen molar-refractivity contribution in [3.05, 3.63) is 58.8 Å². The van der Waals surface area contributed by atoms with E-state index in [2.05, 4.69) is 46.4 Å². The Labute approximate surface area is 161 Å². The summed E-state index contributed by atoms with van der Waals surface area (Å²) in [5, 5.41) is 3.08. The van der Waals surface area contributed by atoms with Gasteiger partial charge in [-0.15, -0.1) is 0 Å². The highest BCUT2D eigenvalue weighted by Crippen LogP contribution is 2.21. The minimum atomic E-state index is 0.0116. The molecule has 2 aromatic rings. The SMILES string of the molecule is Cc1ccc2c(c1)CCN(C(=O)NCc1ccnc(N3CCCCC3)c1)C2. The van der Waals surface area contributed by atoms with Gasteiger partial charge in [0.25, 0.3) is 0 Å². The highest BCUT2D eigenvalue weighted by atomic mass is 16.2. The maximum atomic E-state index is 12.6. The molecule has 2 aliphatic rings. The number of hydrogen-bond donors (Lipinski definition) is 1. The molecule has 0 radical (unpaired) electrons. The molecule has 0 atom stereocenters. The molecule has 4 rings (SSSR count). The van der Waals surface area contributed by atoms with E-state index in [4.69, 9.17) is 0 Å². The van der Waals surface area contributed by atoms with Crippen molar-refractivity contribution in [2.24, 2.45) is 0 Å². The van der Waals surface area contributed by atoms with Gasteiger partial charge in [0, 0.05) is 38.9 Å². The van der Waals surface area contributed by atoms with Gasteiger partial charge in [0.2, 0.25) is 0 Å². The number of fused-ring (bicyclic) bond motifs is 1. The molecule has 2 aliphatic heterocycles. The molecule has 3 heterocycles. The van der Waals surface area contributed by atoms with Crippen LogP contribution < -0.4 is 10.2 Å². The first-order chi connectivity index (χ1) is 13.2. The van der Waals surface area contributed by atoms with Crippen molar-refractivity contribution in [2.75, 3.05) is 24.5 Å². The summed E-state index contributed by atoms with van der Waals surface area (Å²) in [5.74, 6) is 1.03. The Kier molecular flexibility index (Phi) is 5.28. The van der Waals surface area contributed by atoms with Crippen LogP contribution in [0.25, 0.3) is 0 Å². The first-order valence-electron chi connectivity index (χ1n) is 10.00. The summed E-state index contributed by atoms with van der Waals surface area (Å²) >= 11 is 0. The Morgan fingerprint density at radius 3 is 2.78 bits per heavy atom. The van der Waals surface area contributed by atoms with Crippen molar-refractivity contribution in [2.45, 2.75) is 45.7 Å². The summed E-state index contributed by atoms with van der Waals surface area (Å²) in [4.78, 5) is 21.4. The van der Waals surface area contributed by atoms with Crippen molar-refractivity contribution < 1.29 is 4.79 Å². The van der Waals surface area contributed by atoms with Gasteiger partial charge < -0.3 is 15.1 Å². The number of amides is 2. The monoisotopic (exact) mass is 364 g/mol. The molecule has 1 saturated heterocycles. The van der Waals surface area contributed by atoms with Gasteiger partial charge in [-0.05, 0) is 61.4 Å². The van der Waals surface area contributed by atoms with E-state index in [9.17, 15) is 4.79 Å². The van der Waals surface area contributed by atoms with Crippen LogP contribution in [0.15, 0.2) is 36.5 Å². The van der Waals surface area contributed by atoms with Gasteiger partial charge in [-0.1, -0.05) is 23.8 Å². The number of piperidine rings is 1. The summed E-state index contributed by atoms with van der Waals surface area (Å²) in [5.41, 5.74) is 5.03. The number of anilines is 1. The number of aromatic nitrogens is 1. The third-order valence-electron chi connectivity index (χ3n) is 5.59. The largest absolute Gasteiger partial charge is 0.357 e. The predicted octanol–water partition coefficient (Wildman–Crippen LogP) is 3.65. The molecule has 2 amide bonds. The van der Waals surface area contributed by atoms with Crippen molar-refractivity contribution in [1.82, 2.24) is 15.2 Å². The average molecular weight is 364 g/mol. The Morgan fingerprint density at radius 2 is 1.93 bits per heavy atom. The molecule has 5 nitrogen and oxygen atoms in total. The first kappa shape index (κ1) is 17.8. The molecule has 142 valence electrons. The Bertz CT molecular complexity index is 814. The van der Waals surface area contributed by atoms with Crippen LogP contribution in [0.1, 0.15) is 41.5 Å². The minimum absolute atomic E-state index is 0.0116. The molecular formula is C22H28N4O. The smallest absolute Gasteiger partial charge is 0.317 e. The van der Waals surface area contributed by atoms with Crippen LogP contribution >= 0.6 is 0 Å². The molecule has 1 fully saturated rings. The van der Waals surface area contributed by atoms with Gasteiger partial charge >= 0.3 is 6.03 Å². The number of rotatable bonds is 3. The number of pyridine rings is 1. The Hall–Kier alpha value is -2.56. The highest BCUT2D eigenvalue weighted by molar-refractivity contribution is 5.74. The number of urea groups is 1. The molecule has 1 N–H and O–H groups in total. The van der Waals surface area contributed by atoms with E-state index in [0.29, 0.717) is 13.1 Å². The average Bonchev–Trinajstić information content (AvgIpc) is 2.72. The summed E-state index contributed by atoms with van der Waals surface area (Å²) in [6.45, 7) is 6.28. The first-order valence-corrected chi connectivity index (χ1v) is 10.00. The summed E-state index contributed by atoms with van der Waals surface area (Å²) in [6, 6.07) is 10.6. The number of nitrogens with one attached hydrogen (secondary N) is 1. The number of carbonyl (C=O) groups is 1. The molecule has 5 heteroatoms. The van der Waals surface area contributed by atoms with Crippen LogP contribution in [-0.4, -0.2) is 35.5 Å². The van der Waals surface area contributed by atoms with Gasteiger partial charge in [0.15, 0.2) is 0 Å². The highest BCUT2D eigenvalue weighted by Gasteiger charge is 2.20. The number of nitrogens with zero attached hydrogens (tertiary/aromatic N) is 3. The van der Waals surface area contributed by atoms with Crippen LogP contribution in [-0.2, 0) is 19.5 Å². The zero-order valence-electron chi connectivity index (χ0n) is 16.1. The quantitative estimate of drug-likeness (QED) is 0.904. The molecule has 0 aliphatic carbocycles. The van der Waals surface area contributed by atoms with E-state index in [1.807, 2.05) is 17.2 Å². The minimum Gasteiger partial charge on any atom is -0.357 e. The fraction of sp³-hybridized carbons (Fsp3) is 0.455. The van der Waals surface area contributed by atoms with E-state index in [1.165, 1.54) is 36.0 Å². The van der Waals surface area contributed by atoms with E-state index in [0.717, 1.165) is 37.4 Å². The summed E-state index contributed by atoms with van der Waals surface area (Å²) in [6.07, 6.45) is 6.56. The molecule has 1 aromatic carbocycles. The molecule has 1 aromatic heterocycles. The van der Waals surface area contributed by atoms with Crippen LogP contribution in [0.2, 0.25) is 0 Å². The van der Waals surface area contributed by atoms with Crippen molar-refractivity contribution in [3.8, 4) is 0 Å². The van der Waals surface area contributed by atoms with Gasteiger partial charge in [-0.2, -0.15) is 0 Å². The number of aryl methyl sites for hydroxylation is 1. The van der Waals surface area contributed by atoms with Crippen LogP contribution in [0.5, 0.6) is 0 Å². The van der Waals surface area contributed by atoms with Gasteiger partial charge in [0.05, 0.1) is 0 Å². The van der Waals surface area contributed by atoms with Crippen molar-refractivity contribution >= 4 is 11.8 Å². The maximum Gasteiger partial charge on any atom is 0.317 e. The number of carbonyl (C=O) groups excluding carboxylic acids is 1. The molecular weight excluding hydrogens is 336 g/mol. The molecule has 0 saturated carbocycles. The third-order valence-corrected chi connectivity index (χ3v) is 5.59.